The number of benzene rings is 1. The number of nitrogens with zero attached hydrogens (tertiary/aromatic N) is 4. The molecule has 1 aromatic carbocycles. The lowest BCUT2D eigenvalue weighted by Crippen LogP contribution is -2.33. The molecule has 0 aliphatic heterocycles. The van der Waals surface area contributed by atoms with Crippen LogP contribution in [-0.2, 0) is 13.2 Å². The lowest BCUT2D eigenvalue weighted by molar-refractivity contribution is -0.660. The van der Waals surface area contributed by atoms with E-state index in [0.717, 1.165) is 34.1 Å². The van der Waals surface area contributed by atoms with Crippen LogP contribution in [0.2, 0.25) is 0 Å². The fraction of sp³-hybridized carbons (Fsp3) is 0.278. The van der Waals surface area contributed by atoms with Gasteiger partial charge in [0.2, 0.25) is 10.7 Å². The molecule has 0 aliphatic carbocycles. The Morgan fingerprint density at radius 1 is 1.15 bits per heavy atom. The SMILES string of the molecule is Cc1cc(C)c(C)c(-c2c3sc4ncnn4c3c(C(F)(F)F)c[n+]2C)c1. The standard InChI is InChI=1S/C18H16F3N4S/c1-9-5-10(2)11(3)12(6-9)14-16-15(25-17(26-16)22-8-23-25)13(7-24(14)4)18(19,20)21/h5-8H,1-4H3/q+1. The zero-order valence-corrected chi connectivity index (χ0v) is 15.5. The van der Waals surface area contributed by atoms with Gasteiger partial charge in [0.25, 0.3) is 0 Å². The average Bonchev–Trinajstić information content (AvgIpc) is 3.10. The number of alkyl halides is 3. The lowest BCUT2D eigenvalue weighted by atomic mass is 9.97. The maximum absolute atomic E-state index is 13.7. The minimum absolute atomic E-state index is 0.0571. The summed E-state index contributed by atoms with van der Waals surface area (Å²) in [6.45, 7) is 5.99. The van der Waals surface area contributed by atoms with Gasteiger partial charge in [0.05, 0.1) is 5.56 Å². The van der Waals surface area contributed by atoms with E-state index >= 15 is 0 Å². The number of aryl methyl sites for hydroxylation is 3. The van der Waals surface area contributed by atoms with E-state index < -0.39 is 11.7 Å². The lowest BCUT2D eigenvalue weighted by Gasteiger charge is -2.12. The van der Waals surface area contributed by atoms with Crippen molar-refractivity contribution < 1.29 is 17.7 Å². The maximum Gasteiger partial charge on any atom is 0.424 e. The van der Waals surface area contributed by atoms with Crippen molar-refractivity contribution in [2.45, 2.75) is 26.9 Å². The molecule has 0 saturated heterocycles. The molecular weight excluding hydrogens is 361 g/mol. The Balaban J connectivity index is 2.21. The Morgan fingerprint density at radius 3 is 2.58 bits per heavy atom. The highest BCUT2D eigenvalue weighted by Gasteiger charge is 2.39. The molecule has 4 aromatic rings. The van der Waals surface area contributed by atoms with Crippen LogP contribution in [0.15, 0.2) is 24.7 Å². The second kappa shape index (κ2) is 5.51. The Kier molecular flexibility index (Phi) is 3.59. The molecule has 0 fully saturated rings. The maximum atomic E-state index is 13.7. The number of thiazole rings is 1. The molecule has 0 spiro atoms. The highest BCUT2D eigenvalue weighted by molar-refractivity contribution is 7.24. The van der Waals surface area contributed by atoms with Crippen LogP contribution in [-0.4, -0.2) is 14.6 Å². The summed E-state index contributed by atoms with van der Waals surface area (Å²) in [5.41, 5.74) is 4.23. The van der Waals surface area contributed by atoms with E-state index in [1.54, 1.807) is 11.6 Å². The number of hydrogen-bond donors (Lipinski definition) is 0. The molecule has 8 heteroatoms. The van der Waals surface area contributed by atoms with Crippen LogP contribution in [0.1, 0.15) is 22.3 Å². The van der Waals surface area contributed by atoms with Gasteiger partial charge in [-0.15, -0.1) is 0 Å². The summed E-state index contributed by atoms with van der Waals surface area (Å²) < 4.78 is 44.4. The summed E-state index contributed by atoms with van der Waals surface area (Å²) >= 11 is 1.22. The minimum atomic E-state index is -4.48. The van der Waals surface area contributed by atoms with Gasteiger partial charge >= 0.3 is 6.18 Å². The fourth-order valence-corrected chi connectivity index (χ4v) is 4.52. The van der Waals surface area contributed by atoms with Crippen molar-refractivity contribution >= 4 is 26.5 Å². The second-order valence-corrected chi connectivity index (χ2v) is 7.47. The van der Waals surface area contributed by atoms with Gasteiger partial charge in [0, 0.05) is 0 Å². The molecule has 3 heterocycles. The molecule has 0 saturated carbocycles. The van der Waals surface area contributed by atoms with Crippen LogP contribution in [0.5, 0.6) is 0 Å². The summed E-state index contributed by atoms with van der Waals surface area (Å²) in [7, 11) is 1.65. The van der Waals surface area contributed by atoms with Crippen molar-refractivity contribution in [3.8, 4) is 11.3 Å². The molecule has 0 bridgehead atoms. The average molecular weight is 377 g/mol. The Morgan fingerprint density at radius 2 is 1.88 bits per heavy atom. The van der Waals surface area contributed by atoms with E-state index in [1.165, 1.54) is 22.2 Å². The van der Waals surface area contributed by atoms with Crippen molar-refractivity contribution in [2.75, 3.05) is 0 Å². The van der Waals surface area contributed by atoms with Crippen LogP contribution >= 0.6 is 11.3 Å². The summed E-state index contributed by atoms with van der Waals surface area (Å²) in [5, 5.41) is 4.01. The molecule has 134 valence electrons. The molecule has 26 heavy (non-hydrogen) atoms. The molecule has 0 N–H and O–H groups in total. The van der Waals surface area contributed by atoms with E-state index in [-0.39, 0.29) is 5.52 Å². The van der Waals surface area contributed by atoms with Crippen LogP contribution < -0.4 is 4.57 Å². The Hall–Kier alpha value is -2.48. The van der Waals surface area contributed by atoms with Crippen molar-refractivity contribution in [3.63, 3.8) is 0 Å². The molecular formula is C18H16F3N4S+. The second-order valence-electron chi connectivity index (χ2n) is 6.49. The van der Waals surface area contributed by atoms with Crippen LogP contribution in [0.25, 0.3) is 26.4 Å². The third kappa shape index (κ3) is 2.39. The minimum Gasteiger partial charge on any atom is -0.206 e. The summed E-state index contributed by atoms with van der Waals surface area (Å²) in [6, 6.07) is 4.09. The normalized spacial score (nSPS) is 12.4. The van der Waals surface area contributed by atoms with Crippen molar-refractivity contribution in [1.82, 2.24) is 14.6 Å². The largest absolute Gasteiger partial charge is 0.424 e. The molecule has 4 nitrogen and oxygen atoms in total. The first kappa shape index (κ1) is 17.0. The number of rotatable bonds is 1. The van der Waals surface area contributed by atoms with Crippen LogP contribution in [0, 0.1) is 20.8 Å². The summed E-state index contributed by atoms with van der Waals surface area (Å²) in [4.78, 5) is 4.54. The summed E-state index contributed by atoms with van der Waals surface area (Å²) in [5.74, 6) is 0. The first-order chi connectivity index (χ1) is 12.2. The molecule has 3 aromatic heterocycles. The van der Waals surface area contributed by atoms with Gasteiger partial charge in [-0.2, -0.15) is 22.8 Å². The van der Waals surface area contributed by atoms with E-state index in [4.69, 9.17) is 0 Å². The van der Waals surface area contributed by atoms with E-state index in [9.17, 15) is 13.2 Å². The summed E-state index contributed by atoms with van der Waals surface area (Å²) in [6.07, 6.45) is -2.06. The van der Waals surface area contributed by atoms with Gasteiger partial charge in [0.1, 0.15) is 29.2 Å². The first-order valence-electron chi connectivity index (χ1n) is 7.98. The van der Waals surface area contributed by atoms with Gasteiger partial charge in [0.15, 0.2) is 6.20 Å². The van der Waals surface area contributed by atoms with Gasteiger partial charge in [-0.3, -0.25) is 0 Å². The number of aromatic nitrogens is 4. The number of pyridine rings is 1. The smallest absolute Gasteiger partial charge is 0.206 e. The third-order valence-corrected chi connectivity index (χ3v) is 5.71. The van der Waals surface area contributed by atoms with Crippen molar-refractivity contribution in [2.24, 2.45) is 7.05 Å². The monoisotopic (exact) mass is 377 g/mol. The van der Waals surface area contributed by atoms with Crippen LogP contribution in [0.4, 0.5) is 13.2 Å². The molecule has 0 atom stereocenters. The Labute approximate surface area is 151 Å². The molecule has 0 unspecified atom stereocenters. The highest BCUT2D eigenvalue weighted by atomic mass is 32.1. The predicted molar refractivity (Wildman–Crippen MR) is 94.2 cm³/mol. The predicted octanol–water partition coefficient (Wildman–Crippen LogP) is 4.38. The van der Waals surface area contributed by atoms with Gasteiger partial charge in [-0.1, -0.05) is 23.0 Å². The third-order valence-electron chi connectivity index (χ3n) is 4.65. The molecule has 0 radical (unpaired) electrons. The van der Waals surface area contributed by atoms with E-state index in [0.29, 0.717) is 9.66 Å². The van der Waals surface area contributed by atoms with Crippen LogP contribution in [0.3, 0.4) is 0 Å². The quantitative estimate of drug-likeness (QED) is 0.462. The van der Waals surface area contributed by atoms with Gasteiger partial charge < -0.3 is 0 Å². The highest BCUT2D eigenvalue weighted by Crippen LogP contribution is 2.41. The zero-order chi connectivity index (χ0) is 18.8. The van der Waals surface area contributed by atoms with E-state index in [2.05, 4.69) is 16.1 Å². The van der Waals surface area contributed by atoms with Crippen molar-refractivity contribution in [1.29, 1.82) is 0 Å². The first-order valence-corrected chi connectivity index (χ1v) is 8.80. The zero-order valence-electron chi connectivity index (χ0n) is 14.6. The fourth-order valence-electron chi connectivity index (χ4n) is 3.37. The molecule has 0 aliphatic rings. The van der Waals surface area contributed by atoms with Crippen molar-refractivity contribution in [3.05, 3.63) is 46.9 Å². The number of fused-ring (bicyclic) bond motifs is 3. The van der Waals surface area contributed by atoms with Gasteiger partial charge in [-0.05, 0) is 38.0 Å². The number of hydrogen-bond acceptors (Lipinski definition) is 3. The topological polar surface area (TPSA) is 34.1 Å². The molecule has 0 amide bonds. The molecule has 4 rings (SSSR count). The van der Waals surface area contributed by atoms with Gasteiger partial charge in [-0.25, -0.2) is 9.50 Å². The Bertz CT molecular complexity index is 1170. The van der Waals surface area contributed by atoms with E-state index in [1.807, 2.05) is 26.8 Å². The number of halogens is 3.